The number of carboxylic acid groups (broad SMARTS) is 2. The molecule has 0 amide bonds. The van der Waals surface area contributed by atoms with Gasteiger partial charge in [0.25, 0.3) is 0 Å². The summed E-state index contributed by atoms with van der Waals surface area (Å²) in [4.78, 5) is 26.7. The molecule has 1 heterocycles. The minimum atomic E-state index is -1.36. The summed E-state index contributed by atoms with van der Waals surface area (Å²) in [5.74, 6) is -1.52. The lowest BCUT2D eigenvalue weighted by molar-refractivity contribution is -0.324. The van der Waals surface area contributed by atoms with Crippen LogP contribution in [0.2, 0.25) is 0 Å². The molecule has 1 saturated heterocycles. The van der Waals surface area contributed by atoms with Gasteiger partial charge in [0.1, 0.15) is 18.3 Å². The van der Waals surface area contributed by atoms with Gasteiger partial charge in [-0.25, -0.2) is 0 Å². The van der Waals surface area contributed by atoms with Crippen molar-refractivity contribution >= 4 is 11.9 Å². The van der Waals surface area contributed by atoms with Crippen LogP contribution in [0, 0.1) is 50.2 Å². The lowest BCUT2D eigenvalue weighted by atomic mass is 9.33. The number of carbonyl (C=O) groups is 2. The highest BCUT2D eigenvalue weighted by Gasteiger charge is 2.73. The summed E-state index contributed by atoms with van der Waals surface area (Å²) >= 11 is 0. The average molecular weight is 633 g/mol. The van der Waals surface area contributed by atoms with Crippen LogP contribution in [0.25, 0.3) is 0 Å². The van der Waals surface area contributed by atoms with Gasteiger partial charge in [-0.2, -0.15) is 0 Å². The van der Waals surface area contributed by atoms with Crippen LogP contribution in [0.4, 0.5) is 0 Å². The molecule has 0 aromatic rings. The SMILES string of the molecule is C[C@@H]1O[C@H](O[C@H]2CC[C@]3(C)[C@H]4CC=C5[C@@H]6CC(C)(C)CC[C@]6(C(=O)O)CC[C@@]5(C(=O)O)[C@]4(C)CC[C@H]3C2(C)C)[C@@H](O)[C@H](O)[C@H]1O. The molecule has 0 aromatic heterocycles. The summed E-state index contributed by atoms with van der Waals surface area (Å²) < 4.78 is 12.3. The van der Waals surface area contributed by atoms with E-state index in [1.54, 1.807) is 6.92 Å². The van der Waals surface area contributed by atoms with Crippen molar-refractivity contribution in [3.63, 3.8) is 0 Å². The number of rotatable bonds is 4. The molecular formula is C36H56O9. The Bertz CT molecular complexity index is 1260. The maximum atomic E-state index is 13.8. The molecule has 45 heavy (non-hydrogen) atoms. The van der Waals surface area contributed by atoms with Gasteiger partial charge in [0.15, 0.2) is 6.29 Å². The molecular weight excluding hydrogens is 576 g/mol. The number of aliphatic carboxylic acids is 2. The Kier molecular flexibility index (Phi) is 7.78. The lowest BCUT2D eigenvalue weighted by Gasteiger charge is -2.70. The Balaban J connectivity index is 1.35. The van der Waals surface area contributed by atoms with E-state index in [2.05, 4.69) is 47.6 Å². The number of ether oxygens (including phenoxy) is 2. The first-order valence-electron chi connectivity index (χ1n) is 17.3. The molecule has 4 saturated carbocycles. The molecule has 0 bridgehead atoms. The fraction of sp³-hybridized carbons (Fsp3) is 0.889. The normalized spacial score (nSPS) is 51.9. The number of fused-ring (bicyclic) bond motifs is 7. The Hall–Kier alpha value is -1.52. The Morgan fingerprint density at radius 1 is 0.822 bits per heavy atom. The van der Waals surface area contributed by atoms with Gasteiger partial charge in [-0.3, -0.25) is 9.59 Å². The molecule has 13 atom stereocenters. The third-order valence-corrected chi connectivity index (χ3v) is 14.9. The van der Waals surface area contributed by atoms with E-state index in [4.69, 9.17) is 9.47 Å². The first-order chi connectivity index (χ1) is 20.8. The molecule has 0 spiro atoms. The van der Waals surface area contributed by atoms with Crippen molar-refractivity contribution in [1.82, 2.24) is 0 Å². The molecule has 9 nitrogen and oxygen atoms in total. The number of allylic oxidation sites excluding steroid dienone is 1. The largest absolute Gasteiger partial charge is 0.481 e. The van der Waals surface area contributed by atoms with E-state index in [1.807, 2.05) is 0 Å². The van der Waals surface area contributed by atoms with Gasteiger partial charge >= 0.3 is 11.9 Å². The molecule has 0 radical (unpaired) electrons. The maximum absolute atomic E-state index is 13.8. The second kappa shape index (κ2) is 10.5. The van der Waals surface area contributed by atoms with Crippen LogP contribution in [-0.2, 0) is 19.1 Å². The van der Waals surface area contributed by atoms with E-state index < -0.39 is 58.9 Å². The molecule has 254 valence electrons. The van der Waals surface area contributed by atoms with Crippen LogP contribution >= 0.6 is 0 Å². The number of hydrogen-bond donors (Lipinski definition) is 5. The third kappa shape index (κ3) is 4.42. The van der Waals surface area contributed by atoms with E-state index >= 15 is 0 Å². The van der Waals surface area contributed by atoms with Crippen LogP contribution in [0.5, 0.6) is 0 Å². The van der Waals surface area contributed by atoms with Crippen molar-refractivity contribution in [2.24, 2.45) is 50.2 Å². The van der Waals surface area contributed by atoms with Crippen molar-refractivity contribution < 1.29 is 44.6 Å². The first-order valence-corrected chi connectivity index (χ1v) is 17.3. The highest BCUT2D eigenvalue weighted by atomic mass is 16.7. The van der Waals surface area contributed by atoms with Crippen LogP contribution in [0.3, 0.4) is 0 Å². The minimum absolute atomic E-state index is 0.0443. The molecule has 0 unspecified atom stereocenters. The van der Waals surface area contributed by atoms with Crippen molar-refractivity contribution in [1.29, 1.82) is 0 Å². The lowest BCUT2D eigenvalue weighted by Crippen LogP contribution is -2.68. The zero-order valence-corrected chi connectivity index (χ0v) is 28.2. The third-order valence-electron chi connectivity index (χ3n) is 14.9. The summed E-state index contributed by atoms with van der Waals surface area (Å²) in [5, 5.41) is 53.2. The second-order valence-electron chi connectivity index (χ2n) is 17.7. The molecule has 5 fully saturated rings. The van der Waals surface area contributed by atoms with E-state index in [9.17, 15) is 35.1 Å². The molecule has 5 N–H and O–H groups in total. The zero-order chi connectivity index (χ0) is 33.1. The topological polar surface area (TPSA) is 154 Å². The Labute approximate surface area is 267 Å². The zero-order valence-electron chi connectivity index (χ0n) is 28.2. The van der Waals surface area contributed by atoms with Crippen molar-refractivity contribution in [3.05, 3.63) is 11.6 Å². The predicted octanol–water partition coefficient (Wildman–Crippen LogP) is 5.15. The fourth-order valence-electron chi connectivity index (χ4n) is 12.3. The molecule has 6 aliphatic rings. The van der Waals surface area contributed by atoms with E-state index in [1.165, 1.54) is 0 Å². The Morgan fingerprint density at radius 3 is 2.13 bits per heavy atom. The van der Waals surface area contributed by atoms with E-state index in [-0.39, 0.29) is 40.1 Å². The highest BCUT2D eigenvalue weighted by Crippen LogP contribution is 2.76. The highest BCUT2D eigenvalue weighted by molar-refractivity contribution is 5.84. The summed E-state index contributed by atoms with van der Waals surface area (Å²) in [6.45, 7) is 15.0. The van der Waals surface area contributed by atoms with E-state index in [0.29, 0.717) is 32.1 Å². The summed E-state index contributed by atoms with van der Waals surface area (Å²) in [6.07, 6.45) is 3.02. The van der Waals surface area contributed by atoms with Gasteiger partial charge in [0.2, 0.25) is 0 Å². The van der Waals surface area contributed by atoms with Crippen LogP contribution in [0.15, 0.2) is 11.6 Å². The summed E-state index contributed by atoms with van der Waals surface area (Å²) in [7, 11) is 0. The number of carboxylic acids is 2. The predicted molar refractivity (Wildman–Crippen MR) is 166 cm³/mol. The maximum Gasteiger partial charge on any atom is 0.314 e. The first kappa shape index (κ1) is 33.4. The van der Waals surface area contributed by atoms with E-state index in [0.717, 1.165) is 37.7 Å². The van der Waals surface area contributed by atoms with Crippen LogP contribution in [-0.4, -0.2) is 74.3 Å². The van der Waals surface area contributed by atoms with Crippen molar-refractivity contribution in [3.8, 4) is 0 Å². The summed E-state index contributed by atoms with van der Waals surface area (Å²) in [5.41, 5.74) is -2.17. The number of hydrogen-bond acceptors (Lipinski definition) is 7. The molecule has 9 heteroatoms. The number of aliphatic hydroxyl groups excluding tert-OH is 3. The summed E-state index contributed by atoms with van der Waals surface area (Å²) in [6, 6.07) is 0. The fourth-order valence-corrected chi connectivity index (χ4v) is 12.3. The van der Waals surface area contributed by atoms with Gasteiger partial charge < -0.3 is 35.0 Å². The van der Waals surface area contributed by atoms with Gasteiger partial charge in [-0.05, 0) is 111 Å². The smallest absolute Gasteiger partial charge is 0.314 e. The molecule has 6 rings (SSSR count). The quantitative estimate of drug-likeness (QED) is 0.209. The van der Waals surface area contributed by atoms with Gasteiger partial charge in [-0.1, -0.05) is 53.2 Å². The van der Waals surface area contributed by atoms with Crippen LogP contribution in [0.1, 0.15) is 113 Å². The Morgan fingerprint density at radius 2 is 1.49 bits per heavy atom. The van der Waals surface area contributed by atoms with Crippen LogP contribution < -0.4 is 0 Å². The van der Waals surface area contributed by atoms with Gasteiger partial charge in [0.05, 0.1) is 23.0 Å². The van der Waals surface area contributed by atoms with Crippen molar-refractivity contribution in [2.75, 3.05) is 0 Å². The molecule has 1 aliphatic heterocycles. The van der Waals surface area contributed by atoms with Crippen molar-refractivity contribution in [2.45, 2.75) is 149 Å². The second-order valence-corrected chi connectivity index (χ2v) is 17.7. The standard InChI is InChI=1S/C36H56O9/c1-19-25(37)26(38)27(39)28(44-19)45-24-11-12-33(6)22(32(24,4)5)10-13-34(7)23(33)9-8-20-21-18-31(2,3)14-15-35(21,29(40)41)16-17-36(20,34)30(42)43/h8,19,21-28,37-39H,9-18H2,1-7H3,(H,40,41)(H,42,43)/t19-,21-,22-,23+,24-,25-,26+,27-,28+,33-,34+,35-,36+/m0/s1. The minimum Gasteiger partial charge on any atom is -0.481 e. The average Bonchev–Trinajstić information content (AvgIpc) is 2.95. The van der Waals surface area contributed by atoms with Gasteiger partial charge in [0, 0.05) is 0 Å². The monoisotopic (exact) mass is 632 g/mol. The number of aliphatic hydroxyl groups is 3. The molecule has 5 aliphatic carbocycles. The van der Waals surface area contributed by atoms with Gasteiger partial charge in [-0.15, -0.1) is 0 Å². The molecule has 0 aromatic carbocycles.